The summed E-state index contributed by atoms with van der Waals surface area (Å²) >= 11 is 0. The lowest BCUT2D eigenvalue weighted by molar-refractivity contribution is 0.479. The van der Waals surface area contributed by atoms with Crippen LogP contribution in [0.3, 0.4) is 0 Å². The van der Waals surface area contributed by atoms with E-state index in [-0.39, 0.29) is 22.9 Å². The van der Waals surface area contributed by atoms with E-state index in [4.69, 9.17) is 11.5 Å². The molecule has 0 saturated heterocycles. The van der Waals surface area contributed by atoms with Crippen molar-refractivity contribution in [3.63, 3.8) is 0 Å². The van der Waals surface area contributed by atoms with Crippen LogP contribution in [0.5, 0.6) is 11.5 Å². The Bertz CT molecular complexity index is 2330. The van der Waals surface area contributed by atoms with E-state index < -0.39 is 5.41 Å². The molecule has 49 heavy (non-hydrogen) atoms. The first-order valence-corrected chi connectivity index (χ1v) is 16.1. The van der Waals surface area contributed by atoms with Gasteiger partial charge in [-0.2, -0.15) is 0 Å². The lowest BCUT2D eigenvalue weighted by Crippen LogP contribution is -2.29. The molecule has 7 aromatic rings. The maximum absolute atomic E-state index is 11.3. The Hall–Kier alpha value is -6.70. The number of hydrogen-bond donors (Lipinski definition) is 4. The van der Waals surface area contributed by atoms with Gasteiger partial charge in [0.1, 0.15) is 11.5 Å². The molecule has 0 atom stereocenters. The van der Waals surface area contributed by atoms with Gasteiger partial charge < -0.3 is 21.7 Å². The molecule has 0 aliphatic heterocycles. The van der Waals surface area contributed by atoms with E-state index in [9.17, 15) is 10.2 Å². The first kappa shape index (κ1) is 29.7. The molecule has 8 rings (SSSR count). The van der Waals surface area contributed by atoms with Crippen molar-refractivity contribution in [2.75, 3.05) is 11.5 Å². The molecule has 0 saturated carbocycles. The smallest absolute Gasteiger partial charge is 0.146 e. The summed E-state index contributed by atoms with van der Waals surface area (Å²) in [5, 5.41) is 22.7. The third kappa shape index (κ3) is 4.88. The molecule has 0 aromatic heterocycles. The fraction of sp³-hybridized carbons (Fsp3) is 0.0222. The molecule has 0 radical (unpaired) electrons. The summed E-state index contributed by atoms with van der Waals surface area (Å²) in [7, 11) is 0. The first-order valence-electron chi connectivity index (χ1n) is 16.1. The zero-order valence-electron chi connectivity index (χ0n) is 26.6. The molecule has 0 amide bonds. The van der Waals surface area contributed by atoms with Crippen LogP contribution in [0.2, 0.25) is 0 Å². The number of phenolic OH excluding ortho intramolecular Hbond substituents is 2. The Kier molecular flexibility index (Phi) is 7.17. The molecule has 0 fully saturated rings. The molecule has 234 valence electrons. The highest BCUT2D eigenvalue weighted by Crippen LogP contribution is 2.58. The summed E-state index contributed by atoms with van der Waals surface area (Å²) in [4.78, 5) is 0. The quantitative estimate of drug-likeness (QED) is 0.0884. The largest absolute Gasteiger partial charge is 0.505 e. The molecule has 0 heterocycles. The highest BCUT2D eigenvalue weighted by Gasteiger charge is 2.47. The zero-order chi connectivity index (χ0) is 33.5. The van der Waals surface area contributed by atoms with Crippen molar-refractivity contribution in [1.82, 2.24) is 0 Å². The van der Waals surface area contributed by atoms with Crippen molar-refractivity contribution in [1.29, 1.82) is 0 Å². The average molecular weight is 633 g/mol. The number of anilines is 2. The van der Waals surface area contributed by atoms with Gasteiger partial charge >= 0.3 is 0 Å². The highest BCUT2D eigenvalue weighted by molar-refractivity contribution is 5.90. The number of hydrogen-bond acceptors (Lipinski definition) is 4. The lowest BCUT2D eigenvalue weighted by atomic mass is 9.66. The minimum atomic E-state index is -0.923. The Balaban J connectivity index is 1.46. The van der Waals surface area contributed by atoms with Gasteiger partial charge in [0.25, 0.3) is 0 Å². The number of benzene rings is 7. The maximum Gasteiger partial charge on any atom is 0.146 e. The van der Waals surface area contributed by atoms with Gasteiger partial charge in [-0.25, -0.2) is 0 Å². The molecular weight excluding hydrogens is 601 g/mol. The van der Waals surface area contributed by atoms with Crippen molar-refractivity contribution in [3.05, 3.63) is 191 Å². The molecule has 4 heteroatoms. The number of rotatable bonds is 4. The van der Waals surface area contributed by atoms with Gasteiger partial charge in [-0.05, 0) is 93.0 Å². The van der Waals surface area contributed by atoms with Crippen LogP contribution in [0.25, 0.3) is 33.4 Å². The van der Waals surface area contributed by atoms with E-state index in [0.29, 0.717) is 11.1 Å². The van der Waals surface area contributed by atoms with Crippen molar-refractivity contribution >= 4 is 11.4 Å². The predicted molar refractivity (Wildman–Crippen MR) is 199 cm³/mol. The molecule has 0 bridgehead atoms. The fourth-order valence-corrected chi connectivity index (χ4v) is 7.24. The zero-order valence-corrected chi connectivity index (χ0v) is 26.6. The monoisotopic (exact) mass is 632 g/mol. The minimum absolute atomic E-state index is 0.0262. The van der Waals surface area contributed by atoms with Crippen LogP contribution in [0.15, 0.2) is 158 Å². The second-order valence-electron chi connectivity index (χ2n) is 12.3. The molecule has 1 aliphatic rings. The van der Waals surface area contributed by atoms with E-state index in [1.54, 1.807) is 0 Å². The molecule has 0 spiro atoms. The van der Waals surface area contributed by atoms with Crippen LogP contribution in [0.1, 0.15) is 33.4 Å². The number of phenols is 2. The highest BCUT2D eigenvalue weighted by atomic mass is 16.3. The second kappa shape index (κ2) is 11.8. The Morgan fingerprint density at radius 3 is 1.45 bits per heavy atom. The molecule has 7 aromatic carbocycles. The van der Waals surface area contributed by atoms with Gasteiger partial charge in [-0.15, -0.1) is 0 Å². The Labute approximate surface area is 285 Å². The van der Waals surface area contributed by atoms with Crippen molar-refractivity contribution in [3.8, 4) is 56.7 Å². The normalized spacial score (nSPS) is 12.4. The van der Waals surface area contributed by atoms with Gasteiger partial charge in [-0.3, -0.25) is 0 Å². The number of nitrogens with two attached hydrogens (primary N) is 2. The SMILES string of the molecule is Nc1cc(C2(c3cc(N)c(O)c(-c4ccccc4)c3)c3ccccc3-c3cc(C#Cc4ccccc4)ccc32)cc(-c2ccccc2)c1O. The van der Waals surface area contributed by atoms with Crippen LogP contribution in [-0.4, -0.2) is 10.2 Å². The summed E-state index contributed by atoms with van der Waals surface area (Å²) in [6.07, 6.45) is 0. The fourth-order valence-electron chi connectivity index (χ4n) is 7.24. The van der Waals surface area contributed by atoms with Crippen LogP contribution in [0.4, 0.5) is 11.4 Å². The molecule has 4 nitrogen and oxygen atoms in total. The average Bonchev–Trinajstić information content (AvgIpc) is 3.44. The van der Waals surface area contributed by atoms with Crippen molar-refractivity contribution in [2.45, 2.75) is 5.41 Å². The van der Waals surface area contributed by atoms with Gasteiger partial charge in [-0.1, -0.05) is 121 Å². The van der Waals surface area contributed by atoms with E-state index in [0.717, 1.165) is 55.6 Å². The van der Waals surface area contributed by atoms with Crippen LogP contribution < -0.4 is 11.5 Å². The number of fused-ring (bicyclic) bond motifs is 3. The summed E-state index contributed by atoms with van der Waals surface area (Å²) in [5.74, 6) is 6.72. The third-order valence-corrected chi connectivity index (χ3v) is 9.48. The summed E-state index contributed by atoms with van der Waals surface area (Å²) in [6, 6.07) is 52.0. The van der Waals surface area contributed by atoms with E-state index >= 15 is 0 Å². The maximum atomic E-state index is 11.3. The first-order chi connectivity index (χ1) is 23.9. The lowest BCUT2D eigenvalue weighted by Gasteiger charge is -2.35. The van der Waals surface area contributed by atoms with E-state index in [2.05, 4.69) is 42.2 Å². The topological polar surface area (TPSA) is 92.5 Å². The van der Waals surface area contributed by atoms with Gasteiger partial charge in [0, 0.05) is 22.3 Å². The summed E-state index contributed by atoms with van der Waals surface area (Å²) in [6.45, 7) is 0. The summed E-state index contributed by atoms with van der Waals surface area (Å²) in [5.41, 5.74) is 23.6. The number of nitrogen functional groups attached to an aromatic ring is 2. The van der Waals surface area contributed by atoms with Crippen LogP contribution >= 0.6 is 0 Å². The predicted octanol–water partition coefficient (Wildman–Crippen LogP) is 9.36. The Morgan fingerprint density at radius 1 is 0.408 bits per heavy atom. The molecule has 0 unspecified atom stereocenters. The minimum Gasteiger partial charge on any atom is -0.505 e. The molecular formula is C45H32N2O2. The molecule has 6 N–H and O–H groups in total. The van der Waals surface area contributed by atoms with Crippen LogP contribution in [-0.2, 0) is 5.41 Å². The second-order valence-corrected chi connectivity index (χ2v) is 12.3. The van der Waals surface area contributed by atoms with Gasteiger partial charge in [0.2, 0.25) is 0 Å². The standard InChI is InChI=1S/C45H32N2O2/c46-41-27-33(25-36(43(41)48)31-14-6-2-7-15-31)45(34-26-37(44(49)42(47)28-34)32-16-8-3-9-17-32)39-19-11-10-18-35(39)38-24-30(22-23-40(38)45)21-20-29-12-4-1-5-13-29/h1-19,22-28,48-49H,46-47H2. The van der Waals surface area contributed by atoms with Gasteiger partial charge in [0.15, 0.2) is 0 Å². The van der Waals surface area contributed by atoms with E-state index in [1.165, 1.54) is 0 Å². The Morgan fingerprint density at radius 2 is 0.878 bits per heavy atom. The summed E-state index contributed by atoms with van der Waals surface area (Å²) < 4.78 is 0. The van der Waals surface area contributed by atoms with Gasteiger partial charge in [0.05, 0.1) is 16.8 Å². The van der Waals surface area contributed by atoms with Crippen molar-refractivity contribution < 1.29 is 10.2 Å². The van der Waals surface area contributed by atoms with Crippen LogP contribution in [0, 0.1) is 11.8 Å². The third-order valence-electron chi connectivity index (χ3n) is 9.48. The van der Waals surface area contributed by atoms with E-state index in [1.807, 2.05) is 127 Å². The van der Waals surface area contributed by atoms with Crippen molar-refractivity contribution in [2.24, 2.45) is 0 Å². The number of aromatic hydroxyl groups is 2. The molecule has 1 aliphatic carbocycles.